The molecule has 0 aliphatic carbocycles. The van der Waals surface area contributed by atoms with E-state index in [4.69, 9.17) is 22.1 Å². The summed E-state index contributed by atoms with van der Waals surface area (Å²) in [7, 11) is 0. The molecule has 1 amide bonds. The molecule has 7 nitrogen and oxygen atoms in total. The van der Waals surface area contributed by atoms with Gasteiger partial charge < -0.3 is 15.8 Å². The summed E-state index contributed by atoms with van der Waals surface area (Å²) >= 11 is 7.65. The summed E-state index contributed by atoms with van der Waals surface area (Å²) in [5.41, 5.74) is 9.50. The van der Waals surface area contributed by atoms with Crippen LogP contribution in [0.25, 0.3) is 16.2 Å². The van der Waals surface area contributed by atoms with Gasteiger partial charge >= 0.3 is 0 Å². The van der Waals surface area contributed by atoms with Crippen molar-refractivity contribution in [3.8, 4) is 16.3 Å². The van der Waals surface area contributed by atoms with Crippen LogP contribution in [0.2, 0.25) is 5.02 Å². The van der Waals surface area contributed by atoms with Gasteiger partial charge in [-0.05, 0) is 24.6 Å². The van der Waals surface area contributed by atoms with Crippen molar-refractivity contribution in [2.45, 2.75) is 19.6 Å². The van der Waals surface area contributed by atoms with Crippen LogP contribution in [0.1, 0.15) is 33.8 Å². The summed E-state index contributed by atoms with van der Waals surface area (Å²) in [4.78, 5) is 20.5. The number of ether oxygens (including phenoxy) is 1. The number of thiophene rings is 1. The third-order valence-electron chi connectivity index (χ3n) is 6.00. The van der Waals surface area contributed by atoms with Crippen molar-refractivity contribution in [1.82, 2.24) is 19.6 Å². The van der Waals surface area contributed by atoms with Gasteiger partial charge in [-0.15, -0.1) is 11.3 Å². The molecule has 1 aromatic carbocycles. The highest BCUT2D eigenvalue weighted by Gasteiger charge is 2.21. The summed E-state index contributed by atoms with van der Waals surface area (Å²) in [6.07, 6.45) is 3.60. The van der Waals surface area contributed by atoms with Crippen molar-refractivity contribution in [2.75, 3.05) is 26.2 Å². The Morgan fingerprint density at radius 1 is 1.26 bits per heavy atom. The number of hydrogen-bond donors (Lipinski definition) is 2. The number of piperazine rings is 1. The Hall–Kier alpha value is -2.91. The number of pyridine rings is 1. The average molecular weight is 496 g/mol. The van der Waals surface area contributed by atoms with E-state index < -0.39 is 5.91 Å². The molecule has 3 aromatic heterocycles. The maximum absolute atomic E-state index is 12.2. The second kappa shape index (κ2) is 9.76. The number of rotatable bonds is 7. The first-order chi connectivity index (χ1) is 16.5. The fraction of sp³-hybridized carbons (Fsp3) is 0.280. The summed E-state index contributed by atoms with van der Waals surface area (Å²) in [6.45, 7) is 6.88. The molecule has 0 radical (unpaired) electrons. The van der Waals surface area contributed by atoms with Crippen LogP contribution in [0.4, 0.5) is 0 Å². The number of amides is 1. The molecular formula is C25H26ClN5O2S. The van der Waals surface area contributed by atoms with Crippen molar-refractivity contribution < 1.29 is 9.53 Å². The third-order valence-corrected chi connectivity index (χ3v) is 7.50. The van der Waals surface area contributed by atoms with Crippen molar-refractivity contribution in [3.05, 3.63) is 75.9 Å². The van der Waals surface area contributed by atoms with E-state index >= 15 is 0 Å². The number of fused-ring (bicyclic) bond motifs is 1. The molecule has 1 saturated heterocycles. The number of benzene rings is 1. The minimum absolute atomic E-state index is 0.345. The van der Waals surface area contributed by atoms with Gasteiger partial charge in [-0.2, -0.15) is 0 Å². The third kappa shape index (κ3) is 4.67. The van der Waals surface area contributed by atoms with Crippen LogP contribution >= 0.6 is 22.9 Å². The summed E-state index contributed by atoms with van der Waals surface area (Å²) in [5.74, 6) is -0.0716. The number of carbonyl (C=O) groups excluding carboxylic acids is 1. The molecule has 4 heterocycles. The lowest BCUT2D eigenvalue weighted by molar-refractivity contribution is 0.0998. The van der Waals surface area contributed by atoms with Crippen LogP contribution < -0.4 is 15.8 Å². The largest absolute Gasteiger partial charge is 0.484 e. The Labute approximate surface area is 207 Å². The first-order valence-corrected chi connectivity index (χ1v) is 12.4. The zero-order valence-electron chi connectivity index (χ0n) is 18.8. The summed E-state index contributed by atoms with van der Waals surface area (Å²) < 4.78 is 8.24. The molecule has 0 spiro atoms. The van der Waals surface area contributed by atoms with Crippen LogP contribution in [0, 0.1) is 0 Å². The van der Waals surface area contributed by atoms with E-state index in [0.29, 0.717) is 15.6 Å². The SMILES string of the molecule is CC(Oc1cc(-c2cnc3ccc(CN4CCNCC4)cn23)sc1C(N)=O)c1ccccc1Cl. The van der Waals surface area contributed by atoms with E-state index in [2.05, 4.69) is 31.9 Å². The standard InChI is InChI=1S/C25H26ClN5O2S/c1-16(18-4-2-3-5-19(18)26)33-21-12-22(34-24(21)25(27)32)20-13-29-23-7-6-17(15-31(20)23)14-30-10-8-28-9-11-30/h2-7,12-13,15-16,28H,8-11,14H2,1H3,(H2,27,32). The van der Waals surface area contributed by atoms with Gasteiger partial charge in [0, 0.05) is 55.6 Å². The van der Waals surface area contributed by atoms with E-state index in [1.807, 2.05) is 49.5 Å². The lowest BCUT2D eigenvalue weighted by Gasteiger charge is -2.27. The molecule has 1 aliphatic heterocycles. The monoisotopic (exact) mass is 495 g/mol. The van der Waals surface area contributed by atoms with Crippen LogP contribution in [0.5, 0.6) is 5.75 Å². The number of aromatic nitrogens is 2. The molecule has 1 unspecified atom stereocenters. The predicted octanol–water partition coefficient (Wildman–Crippen LogP) is 4.36. The molecule has 0 bridgehead atoms. The van der Waals surface area contributed by atoms with Gasteiger partial charge in [0.05, 0.1) is 16.8 Å². The smallest absolute Gasteiger partial charge is 0.262 e. The van der Waals surface area contributed by atoms with E-state index in [9.17, 15) is 4.79 Å². The van der Waals surface area contributed by atoms with Gasteiger partial charge in [-0.3, -0.25) is 14.1 Å². The quantitative estimate of drug-likeness (QED) is 0.398. The molecule has 5 rings (SSSR count). The summed E-state index contributed by atoms with van der Waals surface area (Å²) in [6, 6.07) is 13.5. The number of imidazole rings is 1. The Morgan fingerprint density at radius 3 is 2.82 bits per heavy atom. The Morgan fingerprint density at radius 2 is 2.06 bits per heavy atom. The Kier molecular flexibility index (Phi) is 6.56. The number of primary amides is 1. The number of nitrogens with zero attached hydrogens (tertiary/aromatic N) is 3. The van der Waals surface area contributed by atoms with Gasteiger partial charge in [0.2, 0.25) is 0 Å². The second-order valence-corrected chi connectivity index (χ2v) is 9.84. The number of nitrogens with one attached hydrogen (secondary N) is 1. The number of carbonyl (C=O) groups is 1. The first kappa shape index (κ1) is 22.9. The van der Waals surface area contributed by atoms with Crippen LogP contribution in [0.3, 0.4) is 0 Å². The number of halogens is 1. The van der Waals surface area contributed by atoms with Crippen molar-refractivity contribution >= 4 is 34.5 Å². The average Bonchev–Trinajstić information content (AvgIpc) is 3.44. The second-order valence-electron chi connectivity index (χ2n) is 8.39. The van der Waals surface area contributed by atoms with Crippen LogP contribution in [0.15, 0.2) is 54.9 Å². The minimum atomic E-state index is -0.522. The highest BCUT2D eigenvalue weighted by atomic mass is 35.5. The van der Waals surface area contributed by atoms with Crippen molar-refractivity contribution in [3.63, 3.8) is 0 Å². The highest BCUT2D eigenvalue weighted by Crippen LogP contribution is 2.39. The maximum Gasteiger partial charge on any atom is 0.262 e. The van der Waals surface area contributed by atoms with E-state index in [-0.39, 0.29) is 6.10 Å². The molecular weight excluding hydrogens is 470 g/mol. The first-order valence-electron chi connectivity index (χ1n) is 11.2. The predicted molar refractivity (Wildman–Crippen MR) is 136 cm³/mol. The molecule has 176 valence electrons. The molecule has 1 aliphatic rings. The van der Waals surface area contributed by atoms with Crippen LogP contribution in [-0.4, -0.2) is 46.4 Å². The van der Waals surface area contributed by atoms with Crippen molar-refractivity contribution in [1.29, 1.82) is 0 Å². The normalized spacial score (nSPS) is 15.5. The molecule has 9 heteroatoms. The number of hydrogen-bond acceptors (Lipinski definition) is 6. The van der Waals surface area contributed by atoms with Crippen LogP contribution in [-0.2, 0) is 6.54 Å². The minimum Gasteiger partial charge on any atom is -0.484 e. The molecule has 0 saturated carbocycles. The lowest BCUT2D eigenvalue weighted by atomic mass is 10.1. The van der Waals surface area contributed by atoms with Gasteiger partial charge in [-0.1, -0.05) is 35.9 Å². The molecule has 4 aromatic rings. The zero-order chi connectivity index (χ0) is 23.7. The fourth-order valence-electron chi connectivity index (χ4n) is 4.25. The highest BCUT2D eigenvalue weighted by molar-refractivity contribution is 7.17. The topological polar surface area (TPSA) is 84.9 Å². The van der Waals surface area contributed by atoms with Crippen molar-refractivity contribution in [2.24, 2.45) is 5.73 Å². The van der Waals surface area contributed by atoms with Gasteiger partial charge in [0.15, 0.2) is 0 Å². The van der Waals surface area contributed by atoms with E-state index in [0.717, 1.165) is 54.5 Å². The molecule has 3 N–H and O–H groups in total. The Balaban J connectivity index is 1.46. The Bertz CT molecular complexity index is 1330. The number of nitrogens with two attached hydrogens (primary N) is 1. The zero-order valence-corrected chi connectivity index (χ0v) is 20.4. The van der Waals surface area contributed by atoms with E-state index in [1.165, 1.54) is 16.9 Å². The summed E-state index contributed by atoms with van der Waals surface area (Å²) in [5, 5.41) is 4.00. The van der Waals surface area contributed by atoms with E-state index in [1.54, 1.807) is 0 Å². The van der Waals surface area contributed by atoms with Gasteiger partial charge in [0.1, 0.15) is 22.4 Å². The van der Waals surface area contributed by atoms with Gasteiger partial charge in [-0.25, -0.2) is 4.98 Å². The van der Waals surface area contributed by atoms with Gasteiger partial charge in [0.25, 0.3) is 5.91 Å². The lowest BCUT2D eigenvalue weighted by Crippen LogP contribution is -2.42. The fourth-order valence-corrected chi connectivity index (χ4v) is 5.49. The molecule has 1 fully saturated rings. The molecule has 1 atom stereocenters. The molecule has 34 heavy (non-hydrogen) atoms. The maximum atomic E-state index is 12.2.